The first-order chi connectivity index (χ1) is 8.82. The van der Waals surface area contributed by atoms with E-state index in [1.54, 1.807) is 0 Å². The number of hydrogen-bond donors (Lipinski definition) is 1. The van der Waals surface area contributed by atoms with E-state index >= 15 is 0 Å². The minimum Gasteiger partial charge on any atom is -0.336 e. The number of alkyl halides is 3. The van der Waals surface area contributed by atoms with Gasteiger partial charge in [-0.2, -0.15) is 13.2 Å². The Labute approximate surface area is 107 Å². The van der Waals surface area contributed by atoms with Gasteiger partial charge in [-0.3, -0.25) is 4.79 Å². The van der Waals surface area contributed by atoms with E-state index in [0.717, 1.165) is 12.1 Å². The molecule has 104 valence electrons. The number of rotatable bonds is 2. The maximum atomic E-state index is 13.8. The number of halogens is 4. The van der Waals surface area contributed by atoms with Crippen molar-refractivity contribution in [3.05, 3.63) is 35.1 Å². The molecule has 7 heteroatoms. The summed E-state index contributed by atoms with van der Waals surface area (Å²) in [6, 6.07) is 2.61. The SMILES string of the molecule is CN(C(=O)c1cccc(C(F)(F)F)c1F)C1CNC1. The summed E-state index contributed by atoms with van der Waals surface area (Å²) in [5.41, 5.74) is -1.97. The molecule has 0 spiro atoms. The van der Waals surface area contributed by atoms with Crippen LogP contribution in [-0.4, -0.2) is 37.0 Å². The highest BCUT2D eigenvalue weighted by Crippen LogP contribution is 2.32. The van der Waals surface area contributed by atoms with Gasteiger partial charge in [0.1, 0.15) is 5.82 Å². The average molecular weight is 276 g/mol. The molecule has 0 atom stereocenters. The minimum atomic E-state index is -4.81. The standard InChI is InChI=1S/C12H12F4N2O/c1-18(7-5-17-6-7)11(19)8-3-2-4-9(10(8)13)12(14,15)16/h2-4,7,17H,5-6H2,1H3. The van der Waals surface area contributed by atoms with Gasteiger partial charge in [-0.1, -0.05) is 6.07 Å². The zero-order chi connectivity index (χ0) is 14.2. The van der Waals surface area contributed by atoms with Crippen LogP contribution in [0.1, 0.15) is 15.9 Å². The predicted molar refractivity (Wildman–Crippen MR) is 60.2 cm³/mol. The topological polar surface area (TPSA) is 32.3 Å². The molecule has 0 aliphatic carbocycles. The third-order valence-electron chi connectivity index (χ3n) is 3.16. The summed E-state index contributed by atoms with van der Waals surface area (Å²) < 4.78 is 51.4. The Hall–Kier alpha value is -1.63. The molecule has 1 saturated heterocycles. The smallest absolute Gasteiger partial charge is 0.336 e. The van der Waals surface area contributed by atoms with E-state index in [-0.39, 0.29) is 6.04 Å². The molecule has 1 fully saturated rings. The molecule has 1 aromatic rings. The largest absolute Gasteiger partial charge is 0.419 e. The van der Waals surface area contributed by atoms with Crippen molar-refractivity contribution in [3.63, 3.8) is 0 Å². The Balaban J connectivity index is 2.32. The van der Waals surface area contributed by atoms with Crippen LogP contribution < -0.4 is 5.32 Å². The van der Waals surface area contributed by atoms with Crippen LogP contribution in [0.5, 0.6) is 0 Å². The molecule has 1 amide bonds. The molecule has 0 aromatic heterocycles. The number of benzene rings is 1. The van der Waals surface area contributed by atoms with Crippen LogP contribution in [0.15, 0.2) is 18.2 Å². The van der Waals surface area contributed by atoms with E-state index in [0.29, 0.717) is 19.2 Å². The Bertz CT molecular complexity index is 497. The zero-order valence-electron chi connectivity index (χ0n) is 10.1. The molecule has 2 rings (SSSR count). The molecule has 0 unspecified atom stereocenters. The molecule has 3 nitrogen and oxygen atoms in total. The Morgan fingerprint density at radius 3 is 2.47 bits per heavy atom. The molecular weight excluding hydrogens is 264 g/mol. The highest BCUT2D eigenvalue weighted by Gasteiger charge is 2.36. The zero-order valence-corrected chi connectivity index (χ0v) is 10.1. The summed E-state index contributed by atoms with van der Waals surface area (Å²) in [4.78, 5) is 13.2. The maximum Gasteiger partial charge on any atom is 0.419 e. The highest BCUT2D eigenvalue weighted by atomic mass is 19.4. The van der Waals surface area contributed by atoms with Crippen LogP contribution in [0.2, 0.25) is 0 Å². The Morgan fingerprint density at radius 2 is 2.00 bits per heavy atom. The van der Waals surface area contributed by atoms with Gasteiger partial charge in [0.05, 0.1) is 17.2 Å². The van der Waals surface area contributed by atoms with Crippen LogP contribution in [0.25, 0.3) is 0 Å². The maximum absolute atomic E-state index is 13.8. The predicted octanol–water partition coefficient (Wildman–Crippen LogP) is 1.89. The van der Waals surface area contributed by atoms with E-state index in [1.165, 1.54) is 11.9 Å². The normalized spacial score (nSPS) is 16.1. The third-order valence-corrected chi connectivity index (χ3v) is 3.16. The number of amides is 1. The van der Waals surface area contributed by atoms with Gasteiger partial charge < -0.3 is 10.2 Å². The van der Waals surface area contributed by atoms with Crippen molar-refractivity contribution in [1.29, 1.82) is 0 Å². The minimum absolute atomic E-state index is 0.110. The second kappa shape index (κ2) is 4.80. The van der Waals surface area contributed by atoms with Crippen molar-refractivity contribution in [2.24, 2.45) is 0 Å². The van der Waals surface area contributed by atoms with Gasteiger partial charge in [-0.25, -0.2) is 4.39 Å². The van der Waals surface area contributed by atoms with E-state index in [1.807, 2.05) is 0 Å². The first-order valence-corrected chi connectivity index (χ1v) is 5.66. The summed E-state index contributed by atoms with van der Waals surface area (Å²) in [6.45, 7) is 1.12. The van der Waals surface area contributed by atoms with Crippen molar-refractivity contribution < 1.29 is 22.4 Å². The van der Waals surface area contributed by atoms with Crippen LogP contribution >= 0.6 is 0 Å². The number of likely N-dealkylation sites (N-methyl/N-ethyl adjacent to an activating group) is 1. The number of hydrogen-bond acceptors (Lipinski definition) is 2. The van der Waals surface area contributed by atoms with Crippen LogP contribution in [-0.2, 0) is 6.18 Å². The highest BCUT2D eigenvalue weighted by molar-refractivity contribution is 5.94. The van der Waals surface area contributed by atoms with Gasteiger partial charge in [0, 0.05) is 20.1 Å². The first-order valence-electron chi connectivity index (χ1n) is 5.66. The van der Waals surface area contributed by atoms with Crippen molar-refractivity contribution >= 4 is 5.91 Å². The van der Waals surface area contributed by atoms with Gasteiger partial charge in [0.2, 0.25) is 0 Å². The lowest BCUT2D eigenvalue weighted by Gasteiger charge is -2.35. The quantitative estimate of drug-likeness (QED) is 0.837. The molecule has 19 heavy (non-hydrogen) atoms. The van der Waals surface area contributed by atoms with Crippen molar-refractivity contribution in [1.82, 2.24) is 10.2 Å². The summed E-state index contributed by atoms with van der Waals surface area (Å²) >= 11 is 0. The summed E-state index contributed by atoms with van der Waals surface area (Å²) in [5, 5.41) is 2.93. The molecular formula is C12H12F4N2O. The average Bonchev–Trinajstić information content (AvgIpc) is 2.24. The van der Waals surface area contributed by atoms with Crippen LogP contribution in [0, 0.1) is 5.82 Å². The van der Waals surface area contributed by atoms with E-state index in [2.05, 4.69) is 5.32 Å². The lowest BCUT2D eigenvalue weighted by molar-refractivity contribution is -0.140. The fourth-order valence-electron chi connectivity index (χ4n) is 1.82. The van der Waals surface area contributed by atoms with Gasteiger partial charge in [-0.05, 0) is 12.1 Å². The molecule has 1 aromatic carbocycles. The molecule has 1 aliphatic rings. The van der Waals surface area contributed by atoms with Crippen molar-refractivity contribution in [2.75, 3.05) is 20.1 Å². The second-order valence-corrected chi connectivity index (χ2v) is 4.39. The fraction of sp³-hybridized carbons (Fsp3) is 0.417. The number of carbonyl (C=O) groups excluding carboxylic acids is 1. The lowest BCUT2D eigenvalue weighted by Crippen LogP contribution is -2.57. The number of carbonyl (C=O) groups is 1. The summed E-state index contributed by atoms with van der Waals surface area (Å²) in [7, 11) is 1.45. The number of nitrogens with one attached hydrogen (secondary N) is 1. The molecule has 1 N–H and O–H groups in total. The summed E-state index contributed by atoms with van der Waals surface area (Å²) in [6.07, 6.45) is -4.81. The van der Waals surface area contributed by atoms with Crippen LogP contribution in [0.3, 0.4) is 0 Å². The van der Waals surface area contributed by atoms with Gasteiger partial charge in [0.25, 0.3) is 5.91 Å². The van der Waals surface area contributed by atoms with Crippen LogP contribution in [0.4, 0.5) is 17.6 Å². The fourth-order valence-corrected chi connectivity index (χ4v) is 1.82. The van der Waals surface area contributed by atoms with Crippen molar-refractivity contribution in [3.8, 4) is 0 Å². The first kappa shape index (κ1) is 13.8. The van der Waals surface area contributed by atoms with E-state index < -0.39 is 29.0 Å². The number of nitrogens with zero attached hydrogens (tertiary/aromatic N) is 1. The van der Waals surface area contributed by atoms with Gasteiger partial charge in [-0.15, -0.1) is 0 Å². The van der Waals surface area contributed by atoms with E-state index in [4.69, 9.17) is 0 Å². The second-order valence-electron chi connectivity index (χ2n) is 4.39. The molecule has 0 bridgehead atoms. The molecule has 0 radical (unpaired) electrons. The summed E-state index contributed by atoms with van der Waals surface area (Å²) in [5.74, 6) is -2.26. The molecule has 0 saturated carbocycles. The van der Waals surface area contributed by atoms with Gasteiger partial charge in [0.15, 0.2) is 0 Å². The third kappa shape index (κ3) is 2.56. The van der Waals surface area contributed by atoms with Crippen molar-refractivity contribution in [2.45, 2.75) is 12.2 Å². The lowest BCUT2D eigenvalue weighted by atomic mass is 10.1. The molecule has 1 heterocycles. The Kier molecular flexibility index (Phi) is 3.49. The van der Waals surface area contributed by atoms with E-state index in [9.17, 15) is 22.4 Å². The molecule has 1 aliphatic heterocycles. The monoisotopic (exact) mass is 276 g/mol. The Morgan fingerprint density at radius 1 is 1.37 bits per heavy atom. The van der Waals surface area contributed by atoms with Gasteiger partial charge >= 0.3 is 6.18 Å².